The van der Waals surface area contributed by atoms with E-state index in [1.165, 1.54) is 7.11 Å². The zero-order chi connectivity index (χ0) is 22.2. The Kier molecular flexibility index (Phi) is 6.67. The molecule has 1 heterocycles. The van der Waals surface area contributed by atoms with Crippen molar-refractivity contribution in [3.8, 4) is 23.6 Å². The molecule has 0 aliphatic carbocycles. The maximum atomic E-state index is 13.5. The van der Waals surface area contributed by atoms with Gasteiger partial charge in [0.15, 0.2) is 17.1 Å². The molecule has 0 N–H and O–H groups in total. The molecule has 0 amide bonds. The standard InChI is InChI=1S/C25H19N3O3/c1-30-23-12-11-18(15-24(23)31-2)14-22(25(29)19-8-4-3-5-9-19)28-13-7-6-10-21(28)20(16-26)17-27/h3-15H,1-2H3/b22-14+. The molecule has 31 heavy (non-hydrogen) atoms. The van der Waals surface area contributed by atoms with Gasteiger partial charge < -0.3 is 14.4 Å². The van der Waals surface area contributed by atoms with Crippen molar-refractivity contribution in [3.05, 3.63) is 101 Å². The lowest BCUT2D eigenvalue weighted by Gasteiger charge is -2.26. The highest BCUT2D eigenvalue weighted by atomic mass is 16.5. The molecule has 2 aromatic carbocycles. The van der Waals surface area contributed by atoms with Crippen molar-refractivity contribution in [1.82, 2.24) is 4.90 Å². The van der Waals surface area contributed by atoms with E-state index in [1.54, 1.807) is 85.0 Å². The molecule has 0 radical (unpaired) electrons. The average Bonchev–Trinajstić information content (AvgIpc) is 2.83. The van der Waals surface area contributed by atoms with Crippen LogP contribution < -0.4 is 9.47 Å². The molecule has 0 unspecified atom stereocenters. The van der Waals surface area contributed by atoms with Gasteiger partial charge in [0.25, 0.3) is 0 Å². The smallest absolute Gasteiger partial charge is 0.209 e. The number of hydrogen-bond acceptors (Lipinski definition) is 6. The quantitative estimate of drug-likeness (QED) is 0.393. The normalized spacial score (nSPS) is 12.7. The van der Waals surface area contributed by atoms with Gasteiger partial charge in [-0.2, -0.15) is 10.5 Å². The summed E-state index contributed by atoms with van der Waals surface area (Å²) in [5.41, 5.74) is 1.67. The first-order valence-corrected chi connectivity index (χ1v) is 9.35. The Morgan fingerprint density at radius 1 is 0.968 bits per heavy atom. The summed E-state index contributed by atoms with van der Waals surface area (Å²) in [4.78, 5) is 15.0. The zero-order valence-corrected chi connectivity index (χ0v) is 17.1. The minimum Gasteiger partial charge on any atom is -0.493 e. The van der Waals surface area contributed by atoms with Crippen molar-refractivity contribution in [1.29, 1.82) is 10.5 Å². The van der Waals surface area contributed by atoms with Gasteiger partial charge in [-0.05, 0) is 35.9 Å². The monoisotopic (exact) mass is 409 g/mol. The van der Waals surface area contributed by atoms with Crippen LogP contribution in [0.3, 0.4) is 0 Å². The number of ether oxygens (including phenoxy) is 2. The molecule has 3 rings (SSSR count). The number of ketones is 1. The van der Waals surface area contributed by atoms with Crippen LogP contribution in [0.25, 0.3) is 6.08 Å². The Morgan fingerprint density at radius 3 is 2.32 bits per heavy atom. The summed E-state index contributed by atoms with van der Waals surface area (Å²) in [6.45, 7) is 0. The van der Waals surface area contributed by atoms with E-state index in [-0.39, 0.29) is 17.1 Å². The van der Waals surface area contributed by atoms with Gasteiger partial charge >= 0.3 is 0 Å². The van der Waals surface area contributed by atoms with Crippen LogP contribution in [-0.4, -0.2) is 24.9 Å². The van der Waals surface area contributed by atoms with Crippen molar-refractivity contribution < 1.29 is 14.3 Å². The Bertz CT molecular complexity index is 1180. The Labute approximate surface area is 180 Å². The van der Waals surface area contributed by atoms with Crippen molar-refractivity contribution in [3.63, 3.8) is 0 Å². The van der Waals surface area contributed by atoms with Gasteiger partial charge in [0.1, 0.15) is 12.1 Å². The highest BCUT2D eigenvalue weighted by Gasteiger charge is 2.23. The number of rotatable bonds is 6. The van der Waals surface area contributed by atoms with Crippen LogP contribution in [0.5, 0.6) is 11.5 Å². The van der Waals surface area contributed by atoms with Gasteiger partial charge in [0, 0.05) is 11.8 Å². The fourth-order valence-corrected chi connectivity index (χ4v) is 3.08. The molecule has 0 bridgehead atoms. The number of Topliss-reactive ketones (excluding diaryl/α,β-unsaturated/α-hetero) is 1. The number of methoxy groups -OCH3 is 2. The predicted molar refractivity (Wildman–Crippen MR) is 117 cm³/mol. The molecule has 1 aliphatic rings. The minimum atomic E-state index is -0.261. The lowest BCUT2D eigenvalue weighted by Crippen LogP contribution is -2.24. The third-order valence-corrected chi connectivity index (χ3v) is 4.58. The Hall–Kier alpha value is -4.55. The first-order chi connectivity index (χ1) is 15.1. The molecular formula is C25H19N3O3. The number of carbonyl (C=O) groups is 1. The summed E-state index contributed by atoms with van der Waals surface area (Å²) in [5.74, 6) is 0.818. The maximum absolute atomic E-state index is 13.5. The number of nitrogens with zero attached hydrogens (tertiary/aromatic N) is 3. The summed E-state index contributed by atoms with van der Waals surface area (Å²) in [6, 6.07) is 17.9. The minimum absolute atomic E-state index is 0.0975. The van der Waals surface area contributed by atoms with Gasteiger partial charge in [-0.1, -0.05) is 42.5 Å². The van der Waals surface area contributed by atoms with Crippen LogP contribution in [0.4, 0.5) is 0 Å². The molecule has 0 saturated heterocycles. The fraction of sp³-hybridized carbons (Fsp3) is 0.0800. The molecule has 2 aromatic rings. The van der Waals surface area contributed by atoms with Gasteiger partial charge in [-0.3, -0.25) is 4.79 Å². The third kappa shape index (κ3) is 4.55. The Balaban J connectivity index is 2.20. The summed E-state index contributed by atoms with van der Waals surface area (Å²) < 4.78 is 10.7. The molecule has 0 fully saturated rings. The number of carbonyl (C=O) groups excluding carboxylic acids is 1. The lowest BCUT2D eigenvalue weighted by molar-refractivity contribution is 0.101. The van der Waals surface area contributed by atoms with Gasteiger partial charge in [0.2, 0.25) is 5.78 Å². The van der Waals surface area contributed by atoms with E-state index in [9.17, 15) is 15.3 Å². The van der Waals surface area contributed by atoms with Crippen LogP contribution >= 0.6 is 0 Å². The molecule has 152 valence electrons. The Morgan fingerprint density at radius 2 is 1.68 bits per heavy atom. The van der Waals surface area contributed by atoms with Crippen molar-refractivity contribution in [2.45, 2.75) is 0 Å². The molecule has 6 heteroatoms. The van der Waals surface area contributed by atoms with E-state index >= 15 is 0 Å². The maximum Gasteiger partial charge on any atom is 0.209 e. The van der Waals surface area contributed by atoms with Crippen molar-refractivity contribution in [2.24, 2.45) is 0 Å². The summed E-state index contributed by atoms with van der Waals surface area (Å²) in [7, 11) is 3.08. The molecule has 0 atom stereocenters. The highest BCUT2D eigenvalue weighted by molar-refractivity contribution is 6.11. The number of nitriles is 2. The van der Waals surface area contributed by atoms with Crippen LogP contribution in [-0.2, 0) is 0 Å². The van der Waals surface area contributed by atoms with Gasteiger partial charge in [-0.15, -0.1) is 0 Å². The van der Waals surface area contributed by atoms with E-state index < -0.39 is 0 Å². The molecule has 1 aliphatic heterocycles. The van der Waals surface area contributed by atoms with E-state index in [0.717, 1.165) is 0 Å². The predicted octanol–water partition coefficient (Wildman–Crippen LogP) is 4.61. The summed E-state index contributed by atoms with van der Waals surface area (Å²) in [6.07, 6.45) is 8.41. The van der Waals surface area contributed by atoms with Crippen LogP contribution in [0.2, 0.25) is 0 Å². The van der Waals surface area contributed by atoms with Crippen LogP contribution in [0.1, 0.15) is 15.9 Å². The molecular weight excluding hydrogens is 390 g/mol. The molecule has 0 spiro atoms. The second kappa shape index (κ2) is 9.78. The number of benzene rings is 2. The van der Waals surface area contributed by atoms with Crippen LogP contribution in [0, 0.1) is 22.7 Å². The number of hydrogen-bond donors (Lipinski definition) is 0. The number of allylic oxidation sites excluding steroid dienone is 5. The van der Waals surface area contributed by atoms with Crippen molar-refractivity contribution >= 4 is 11.9 Å². The SMILES string of the molecule is COc1ccc(/C=C(\C(=O)c2ccccc2)N2C=CC=CC2=C(C#N)C#N)cc1OC. The first-order valence-electron chi connectivity index (χ1n) is 9.35. The van der Waals surface area contributed by atoms with E-state index in [4.69, 9.17) is 9.47 Å². The topological polar surface area (TPSA) is 86.4 Å². The molecule has 0 aromatic heterocycles. The first kappa shape index (κ1) is 21.2. The zero-order valence-electron chi connectivity index (χ0n) is 17.1. The van der Waals surface area contributed by atoms with Gasteiger partial charge in [0.05, 0.1) is 25.6 Å². The van der Waals surface area contributed by atoms with E-state index in [2.05, 4.69) is 0 Å². The molecule has 0 saturated carbocycles. The van der Waals surface area contributed by atoms with Gasteiger partial charge in [-0.25, -0.2) is 0 Å². The fourth-order valence-electron chi connectivity index (χ4n) is 3.08. The molecule has 6 nitrogen and oxygen atoms in total. The summed E-state index contributed by atoms with van der Waals surface area (Å²) >= 11 is 0. The van der Waals surface area contributed by atoms with E-state index in [1.807, 2.05) is 18.2 Å². The lowest BCUT2D eigenvalue weighted by atomic mass is 10.0. The largest absolute Gasteiger partial charge is 0.493 e. The second-order valence-electron chi connectivity index (χ2n) is 6.39. The second-order valence-corrected chi connectivity index (χ2v) is 6.39. The third-order valence-electron chi connectivity index (χ3n) is 4.58. The van der Waals surface area contributed by atoms with E-state index in [0.29, 0.717) is 28.3 Å². The summed E-state index contributed by atoms with van der Waals surface area (Å²) in [5, 5.41) is 18.8. The van der Waals surface area contributed by atoms with Crippen molar-refractivity contribution in [2.75, 3.05) is 14.2 Å². The highest BCUT2D eigenvalue weighted by Crippen LogP contribution is 2.31. The van der Waals surface area contributed by atoms with Crippen LogP contribution in [0.15, 0.2) is 89.9 Å². The average molecular weight is 409 g/mol.